The molecule has 2 aromatic rings. The maximum absolute atomic E-state index is 13.3. The summed E-state index contributed by atoms with van der Waals surface area (Å²) in [7, 11) is -0.663. The molecular formula is C21H27FNO3P. The smallest absolute Gasteiger partial charge is 0.408 e. The Hall–Kier alpha value is -1.97. The zero-order valence-electron chi connectivity index (χ0n) is 16.5. The van der Waals surface area contributed by atoms with Gasteiger partial charge in [0.1, 0.15) is 11.4 Å². The van der Waals surface area contributed by atoms with Crippen LogP contribution in [0, 0.1) is 5.82 Å². The van der Waals surface area contributed by atoms with Crippen LogP contribution in [0.2, 0.25) is 0 Å². The van der Waals surface area contributed by atoms with Gasteiger partial charge >= 0.3 is 6.09 Å². The van der Waals surface area contributed by atoms with Crippen LogP contribution in [0.4, 0.5) is 9.18 Å². The molecule has 0 aliphatic carbocycles. The molecule has 6 heteroatoms. The molecule has 0 saturated heterocycles. The van der Waals surface area contributed by atoms with Crippen molar-refractivity contribution in [1.29, 1.82) is 0 Å². The molecule has 2 atom stereocenters. The standard InChI is InChI=1S/C21H27FNO3P/c1-6-25-27(5)18-13-9-16(10-14-18)19(15-7-11-17(22)12-8-15)23-20(24)26-21(2,3)4/h7-14,19H,6H2,1-5H3,(H,23,24). The number of nitrogens with one attached hydrogen (secondary N) is 1. The molecule has 1 amide bonds. The van der Waals surface area contributed by atoms with Gasteiger partial charge in [-0.05, 0) is 57.6 Å². The molecule has 27 heavy (non-hydrogen) atoms. The summed E-state index contributed by atoms with van der Waals surface area (Å²) in [4.78, 5) is 12.3. The van der Waals surface area contributed by atoms with E-state index in [4.69, 9.17) is 9.26 Å². The fourth-order valence-corrected chi connectivity index (χ4v) is 3.69. The van der Waals surface area contributed by atoms with E-state index >= 15 is 0 Å². The topological polar surface area (TPSA) is 47.6 Å². The second kappa shape index (κ2) is 9.29. The number of rotatable bonds is 6. The van der Waals surface area contributed by atoms with Gasteiger partial charge in [0.25, 0.3) is 0 Å². The Labute approximate surface area is 161 Å². The van der Waals surface area contributed by atoms with E-state index in [0.29, 0.717) is 6.61 Å². The zero-order valence-corrected chi connectivity index (χ0v) is 17.3. The number of amides is 1. The molecule has 2 unspecified atom stereocenters. The second-order valence-corrected chi connectivity index (χ2v) is 8.91. The summed E-state index contributed by atoms with van der Waals surface area (Å²) >= 11 is 0. The number of hydrogen-bond donors (Lipinski definition) is 1. The van der Waals surface area contributed by atoms with Gasteiger partial charge in [0.2, 0.25) is 0 Å². The van der Waals surface area contributed by atoms with E-state index in [0.717, 1.165) is 16.4 Å². The third-order valence-corrected chi connectivity index (χ3v) is 5.45. The number of alkyl carbamates (subject to hydrolysis) is 1. The Morgan fingerprint density at radius 1 is 1.07 bits per heavy atom. The van der Waals surface area contributed by atoms with Crippen LogP contribution in [-0.4, -0.2) is 25.0 Å². The van der Waals surface area contributed by atoms with Gasteiger partial charge in [-0.1, -0.05) is 36.4 Å². The predicted octanol–water partition coefficient (Wildman–Crippen LogP) is 5.13. The lowest BCUT2D eigenvalue weighted by Gasteiger charge is -2.24. The molecule has 0 saturated carbocycles. The number of halogens is 1. The molecule has 2 rings (SSSR count). The molecule has 0 fully saturated rings. The lowest BCUT2D eigenvalue weighted by atomic mass is 9.99. The first-order valence-corrected chi connectivity index (χ1v) is 10.6. The van der Waals surface area contributed by atoms with Gasteiger partial charge in [-0.2, -0.15) is 0 Å². The van der Waals surface area contributed by atoms with E-state index in [1.54, 1.807) is 12.1 Å². The summed E-state index contributed by atoms with van der Waals surface area (Å²) in [6, 6.07) is 13.6. The number of carbonyl (C=O) groups excluding carboxylic acids is 1. The number of hydrogen-bond acceptors (Lipinski definition) is 3. The molecule has 0 bridgehead atoms. The lowest BCUT2D eigenvalue weighted by Crippen LogP contribution is -2.35. The normalized spacial score (nSPS) is 13.7. The molecule has 0 aliphatic heterocycles. The first-order chi connectivity index (χ1) is 12.7. The molecule has 2 aromatic carbocycles. The highest BCUT2D eigenvalue weighted by atomic mass is 31.1. The molecule has 0 spiro atoms. The van der Waals surface area contributed by atoms with Crippen LogP contribution in [0.15, 0.2) is 48.5 Å². The van der Waals surface area contributed by atoms with E-state index in [2.05, 4.69) is 12.0 Å². The Balaban J connectivity index is 2.28. The van der Waals surface area contributed by atoms with Crippen molar-refractivity contribution in [3.63, 3.8) is 0 Å². The summed E-state index contributed by atoms with van der Waals surface area (Å²) < 4.78 is 24.4. The minimum absolute atomic E-state index is 0.321. The van der Waals surface area contributed by atoms with Gasteiger partial charge in [0.05, 0.1) is 14.2 Å². The average Bonchev–Trinajstić information content (AvgIpc) is 2.59. The van der Waals surface area contributed by atoms with E-state index in [1.807, 2.05) is 52.0 Å². The number of benzene rings is 2. The van der Waals surface area contributed by atoms with Crippen LogP contribution in [-0.2, 0) is 9.26 Å². The van der Waals surface area contributed by atoms with Gasteiger partial charge in [0.15, 0.2) is 0 Å². The first kappa shape index (κ1) is 21.3. The van der Waals surface area contributed by atoms with Crippen LogP contribution in [0.25, 0.3) is 0 Å². The average molecular weight is 391 g/mol. The Kier molecular flexibility index (Phi) is 7.34. The largest absolute Gasteiger partial charge is 0.444 e. The molecule has 0 aromatic heterocycles. The highest BCUT2D eigenvalue weighted by Gasteiger charge is 2.22. The maximum atomic E-state index is 13.3. The third-order valence-electron chi connectivity index (χ3n) is 3.78. The van der Waals surface area contributed by atoms with Crippen LogP contribution < -0.4 is 10.6 Å². The quantitative estimate of drug-likeness (QED) is 0.695. The SMILES string of the molecule is CCOP(C)c1ccc(C(NC(=O)OC(C)(C)C)c2ccc(F)cc2)cc1. The second-order valence-electron chi connectivity index (χ2n) is 7.14. The summed E-state index contributed by atoms with van der Waals surface area (Å²) in [6.45, 7) is 10.1. The summed E-state index contributed by atoms with van der Waals surface area (Å²) in [5, 5.41) is 4.01. The van der Waals surface area contributed by atoms with Crippen molar-refractivity contribution in [1.82, 2.24) is 5.32 Å². The van der Waals surface area contributed by atoms with Crippen molar-refractivity contribution in [2.75, 3.05) is 13.3 Å². The van der Waals surface area contributed by atoms with Gasteiger partial charge in [-0.3, -0.25) is 0 Å². The van der Waals surface area contributed by atoms with Crippen molar-refractivity contribution >= 4 is 19.5 Å². The van der Waals surface area contributed by atoms with E-state index in [9.17, 15) is 9.18 Å². The first-order valence-electron chi connectivity index (χ1n) is 8.91. The van der Waals surface area contributed by atoms with Gasteiger partial charge in [0, 0.05) is 11.9 Å². The van der Waals surface area contributed by atoms with Crippen LogP contribution in [0.5, 0.6) is 0 Å². The molecule has 0 aliphatic rings. The van der Waals surface area contributed by atoms with E-state index < -0.39 is 25.9 Å². The molecule has 0 heterocycles. The highest BCUT2D eigenvalue weighted by molar-refractivity contribution is 7.60. The van der Waals surface area contributed by atoms with Crippen LogP contribution >= 0.6 is 8.15 Å². The minimum atomic E-state index is -0.663. The van der Waals surface area contributed by atoms with Gasteiger partial charge in [-0.25, -0.2) is 9.18 Å². The van der Waals surface area contributed by atoms with Gasteiger partial charge in [-0.15, -0.1) is 0 Å². The monoisotopic (exact) mass is 391 g/mol. The number of carbonyl (C=O) groups is 1. The highest BCUT2D eigenvalue weighted by Crippen LogP contribution is 2.31. The summed E-state index contributed by atoms with van der Waals surface area (Å²) in [5.74, 6) is -0.321. The summed E-state index contributed by atoms with van der Waals surface area (Å²) in [6.07, 6.45) is -0.520. The van der Waals surface area contributed by atoms with Crippen molar-refractivity contribution in [3.05, 3.63) is 65.5 Å². The lowest BCUT2D eigenvalue weighted by molar-refractivity contribution is 0.0512. The molecular weight excluding hydrogens is 364 g/mol. The van der Waals surface area contributed by atoms with Crippen molar-refractivity contribution < 1.29 is 18.4 Å². The van der Waals surface area contributed by atoms with E-state index in [1.165, 1.54) is 12.1 Å². The molecule has 0 radical (unpaired) electrons. The minimum Gasteiger partial charge on any atom is -0.444 e. The zero-order chi connectivity index (χ0) is 20.0. The Morgan fingerprint density at radius 2 is 1.59 bits per heavy atom. The van der Waals surface area contributed by atoms with Crippen molar-refractivity contribution in [3.8, 4) is 0 Å². The molecule has 1 N–H and O–H groups in total. The fourth-order valence-electron chi connectivity index (χ4n) is 2.58. The Bertz CT molecular complexity index is 742. The summed E-state index contributed by atoms with van der Waals surface area (Å²) in [5.41, 5.74) is 1.06. The Morgan fingerprint density at radius 3 is 2.07 bits per heavy atom. The number of ether oxygens (including phenoxy) is 1. The van der Waals surface area contributed by atoms with Gasteiger partial charge < -0.3 is 14.6 Å². The van der Waals surface area contributed by atoms with Crippen LogP contribution in [0.1, 0.15) is 44.9 Å². The van der Waals surface area contributed by atoms with Crippen molar-refractivity contribution in [2.45, 2.75) is 39.3 Å². The maximum Gasteiger partial charge on any atom is 0.408 e. The third kappa shape index (κ3) is 6.60. The fraction of sp³-hybridized carbons (Fsp3) is 0.381. The van der Waals surface area contributed by atoms with Crippen molar-refractivity contribution in [2.24, 2.45) is 0 Å². The van der Waals surface area contributed by atoms with E-state index in [-0.39, 0.29) is 5.82 Å². The molecule has 4 nitrogen and oxygen atoms in total. The predicted molar refractivity (Wildman–Crippen MR) is 108 cm³/mol. The molecule has 146 valence electrons. The van der Waals surface area contributed by atoms with Crippen LogP contribution in [0.3, 0.4) is 0 Å².